The molecule has 1 aliphatic heterocycles. The first-order valence-electron chi connectivity index (χ1n) is 6.10. The largest absolute Gasteiger partial charge is 0.394 e. The van der Waals surface area contributed by atoms with Gasteiger partial charge in [0.2, 0.25) is 0 Å². The highest BCUT2D eigenvalue weighted by Crippen LogP contribution is 2.32. The van der Waals surface area contributed by atoms with Crippen LogP contribution < -0.4 is 0 Å². The second-order valence-corrected chi connectivity index (χ2v) is 4.94. The average Bonchev–Trinajstić information content (AvgIpc) is 2.82. The molecule has 0 aliphatic carbocycles. The van der Waals surface area contributed by atoms with E-state index in [9.17, 15) is 5.11 Å². The zero-order valence-corrected chi connectivity index (χ0v) is 10.2. The van der Waals surface area contributed by atoms with E-state index >= 15 is 0 Å². The van der Waals surface area contributed by atoms with Gasteiger partial charge in [-0.3, -0.25) is 4.90 Å². The Morgan fingerprint density at radius 3 is 2.44 bits per heavy atom. The van der Waals surface area contributed by atoms with Crippen molar-refractivity contribution < 1.29 is 5.11 Å². The first-order chi connectivity index (χ1) is 7.68. The fraction of sp³-hybridized carbons (Fsp3) is 0.571. The molecule has 1 aromatic rings. The number of aliphatic hydroxyl groups excluding tert-OH is 1. The SMILES string of the molecule is Cc1ccccc1[C@](C)(CO)N1CCCC1. The van der Waals surface area contributed by atoms with E-state index in [1.807, 2.05) is 0 Å². The van der Waals surface area contributed by atoms with Crippen LogP contribution in [0.1, 0.15) is 30.9 Å². The minimum absolute atomic E-state index is 0.192. The van der Waals surface area contributed by atoms with Crippen LogP contribution in [0.2, 0.25) is 0 Å². The number of nitrogens with zero attached hydrogens (tertiary/aromatic N) is 1. The van der Waals surface area contributed by atoms with Crippen LogP contribution >= 0.6 is 0 Å². The van der Waals surface area contributed by atoms with Crippen LogP contribution in [-0.4, -0.2) is 29.7 Å². The van der Waals surface area contributed by atoms with Crippen LogP contribution in [0.15, 0.2) is 24.3 Å². The average molecular weight is 219 g/mol. The van der Waals surface area contributed by atoms with Gasteiger partial charge >= 0.3 is 0 Å². The summed E-state index contributed by atoms with van der Waals surface area (Å²) in [5.41, 5.74) is 2.33. The molecule has 2 nitrogen and oxygen atoms in total. The molecule has 0 spiro atoms. The van der Waals surface area contributed by atoms with Crippen LogP contribution in [0.3, 0.4) is 0 Å². The van der Waals surface area contributed by atoms with Gasteiger partial charge in [-0.2, -0.15) is 0 Å². The number of hydrogen-bond donors (Lipinski definition) is 1. The Morgan fingerprint density at radius 1 is 1.25 bits per heavy atom. The summed E-state index contributed by atoms with van der Waals surface area (Å²) in [4.78, 5) is 2.41. The number of likely N-dealkylation sites (tertiary alicyclic amines) is 1. The van der Waals surface area contributed by atoms with E-state index < -0.39 is 0 Å². The van der Waals surface area contributed by atoms with Crippen molar-refractivity contribution in [2.75, 3.05) is 19.7 Å². The van der Waals surface area contributed by atoms with Gasteiger partial charge in [0.1, 0.15) is 0 Å². The molecule has 0 saturated carbocycles. The smallest absolute Gasteiger partial charge is 0.0668 e. The maximum Gasteiger partial charge on any atom is 0.0668 e. The highest BCUT2D eigenvalue weighted by atomic mass is 16.3. The predicted molar refractivity (Wildman–Crippen MR) is 66.4 cm³/mol. The maximum atomic E-state index is 9.78. The molecule has 1 saturated heterocycles. The third kappa shape index (κ3) is 1.87. The molecule has 1 atom stereocenters. The van der Waals surface area contributed by atoms with Gasteiger partial charge < -0.3 is 5.11 Å². The minimum atomic E-state index is -0.207. The van der Waals surface area contributed by atoms with E-state index in [0.29, 0.717) is 0 Å². The lowest BCUT2D eigenvalue weighted by atomic mass is 9.88. The van der Waals surface area contributed by atoms with E-state index in [2.05, 4.69) is 43.0 Å². The Labute approximate surface area is 97.9 Å². The second-order valence-electron chi connectivity index (χ2n) is 4.94. The molecule has 1 N–H and O–H groups in total. The molecule has 1 aliphatic rings. The molecule has 0 bridgehead atoms. The Hall–Kier alpha value is -0.860. The van der Waals surface area contributed by atoms with E-state index in [1.165, 1.54) is 24.0 Å². The highest BCUT2D eigenvalue weighted by Gasteiger charge is 2.35. The molecule has 1 fully saturated rings. The number of benzene rings is 1. The molecule has 0 amide bonds. The molecular weight excluding hydrogens is 198 g/mol. The van der Waals surface area contributed by atoms with Crippen LogP contribution in [-0.2, 0) is 5.54 Å². The Bertz CT molecular complexity index is 358. The zero-order valence-electron chi connectivity index (χ0n) is 10.2. The lowest BCUT2D eigenvalue weighted by molar-refractivity contribution is 0.0595. The van der Waals surface area contributed by atoms with Crippen molar-refractivity contribution in [3.63, 3.8) is 0 Å². The van der Waals surface area contributed by atoms with Crippen molar-refractivity contribution in [2.24, 2.45) is 0 Å². The Balaban J connectivity index is 2.37. The molecule has 2 heteroatoms. The van der Waals surface area contributed by atoms with Crippen molar-refractivity contribution in [2.45, 2.75) is 32.2 Å². The number of aliphatic hydroxyl groups is 1. The fourth-order valence-corrected chi connectivity index (χ4v) is 2.74. The summed E-state index contributed by atoms with van der Waals surface area (Å²) in [5.74, 6) is 0. The Morgan fingerprint density at radius 2 is 1.88 bits per heavy atom. The molecule has 0 aromatic heterocycles. The van der Waals surface area contributed by atoms with Gasteiger partial charge in [0.05, 0.1) is 12.1 Å². The molecule has 1 aromatic carbocycles. The van der Waals surface area contributed by atoms with E-state index in [-0.39, 0.29) is 12.1 Å². The van der Waals surface area contributed by atoms with Crippen LogP contribution in [0.4, 0.5) is 0 Å². The van der Waals surface area contributed by atoms with Gasteiger partial charge in [0.25, 0.3) is 0 Å². The summed E-state index contributed by atoms with van der Waals surface area (Å²) < 4.78 is 0. The topological polar surface area (TPSA) is 23.5 Å². The van der Waals surface area contributed by atoms with Crippen molar-refractivity contribution >= 4 is 0 Å². The summed E-state index contributed by atoms with van der Waals surface area (Å²) in [5, 5.41) is 9.78. The predicted octanol–water partition coefficient (Wildman–Crippen LogP) is 2.30. The first-order valence-corrected chi connectivity index (χ1v) is 6.10. The summed E-state index contributed by atoms with van der Waals surface area (Å²) >= 11 is 0. The first kappa shape index (κ1) is 11.6. The van der Waals surface area contributed by atoms with Gasteiger partial charge in [0.15, 0.2) is 0 Å². The molecule has 0 unspecified atom stereocenters. The molecule has 2 rings (SSSR count). The van der Waals surface area contributed by atoms with Crippen LogP contribution in [0.5, 0.6) is 0 Å². The van der Waals surface area contributed by atoms with E-state index in [1.54, 1.807) is 0 Å². The van der Waals surface area contributed by atoms with Crippen molar-refractivity contribution in [3.8, 4) is 0 Å². The number of hydrogen-bond acceptors (Lipinski definition) is 2. The number of rotatable bonds is 3. The quantitative estimate of drug-likeness (QED) is 0.843. The van der Waals surface area contributed by atoms with E-state index in [0.717, 1.165) is 13.1 Å². The van der Waals surface area contributed by atoms with Crippen molar-refractivity contribution in [1.82, 2.24) is 4.90 Å². The van der Waals surface area contributed by atoms with Crippen molar-refractivity contribution in [3.05, 3.63) is 35.4 Å². The van der Waals surface area contributed by atoms with Crippen molar-refractivity contribution in [1.29, 1.82) is 0 Å². The zero-order chi connectivity index (χ0) is 11.6. The normalized spacial score (nSPS) is 20.9. The summed E-state index contributed by atoms with van der Waals surface area (Å²) in [6.45, 7) is 6.68. The van der Waals surface area contributed by atoms with Gasteiger partial charge in [-0.1, -0.05) is 24.3 Å². The van der Waals surface area contributed by atoms with Gasteiger partial charge in [0, 0.05) is 0 Å². The number of aryl methyl sites for hydroxylation is 1. The minimum Gasteiger partial charge on any atom is -0.394 e. The maximum absolute atomic E-state index is 9.78. The summed E-state index contributed by atoms with van der Waals surface area (Å²) in [6, 6.07) is 8.39. The van der Waals surface area contributed by atoms with E-state index in [4.69, 9.17) is 0 Å². The van der Waals surface area contributed by atoms with Crippen LogP contribution in [0, 0.1) is 6.92 Å². The molecule has 1 heterocycles. The van der Waals surface area contributed by atoms with Crippen LogP contribution in [0.25, 0.3) is 0 Å². The molecule has 0 radical (unpaired) electrons. The summed E-state index contributed by atoms with van der Waals surface area (Å²) in [6.07, 6.45) is 2.50. The lowest BCUT2D eigenvalue weighted by Crippen LogP contribution is -2.45. The monoisotopic (exact) mass is 219 g/mol. The molecule has 88 valence electrons. The van der Waals surface area contributed by atoms with Gasteiger partial charge in [-0.25, -0.2) is 0 Å². The second kappa shape index (κ2) is 4.56. The molecular formula is C14H21NO. The third-order valence-corrected chi connectivity index (χ3v) is 3.84. The summed E-state index contributed by atoms with van der Waals surface area (Å²) in [7, 11) is 0. The third-order valence-electron chi connectivity index (χ3n) is 3.84. The fourth-order valence-electron chi connectivity index (χ4n) is 2.74. The van der Waals surface area contributed by atoms with Gasteiger partial charge in [-0.15, -0.1) is 0 Å². The standard InChI is InChI=1S/C14H21NO/c1-12-7-3-4-8-13(12)14(2,11-16)15-9-5-6-10-15/h3-4,7-8,16H,5-6,9-11H2,1-2H3/t14-/m0/s1. The molecule has 16 heavy (non-hydrogen) atoms. The van der Waals surface area contributed by atoms with Gasteiger partial charge in [-0.05, 0) is 50.9 Å². The lowest BCUT2D eigenvalue weighted by Gasteiger charge is -2.38. The Kier molecular flexibility index (Phi) is 3.31. The highest BCUT2D eigenvalue weighted by molar-refractivity contribution is 5.32.